The van der Waals surface area contributed by atoms with E-state index in [2.05, 4.69) is 15.0 Å². The van der Waals surface area contributed by atoms with E-state index in [1.807, 2.05) is 0 Å². The lowest BCUT2D eigenvalue weighted by molar-refractivity contribution is 0.0594. The number of hydrogen-bond donors (Lipinski definition) is 1. The van der Waals surface area contributed by atoms with Crippen LogP contribution in [0.1, 0.15) is 29.2 Å². The summed E-state index contributed by atoms with van der Waals surface area (Å²) in [5.41, 5.74) is -0.127. The van der Waals surface area contributed by atoms with Gasteiger partial charge in [-0.3, -0.25) is 0 Å². The number of methoxy groups -OCH3 is 1. The number of nitrogens with one attached hydrogen (secondary N) is 1. The van der Waals surface area contributed by atoms with Gasteiger partial charge in [0.2, 0.25) is 5.89 Å². The highest BCUT2D eigenvalue weighted by molar-refractivity contribution is 5.90. The number of hydrogen-bond acceptors (Lipinski definition) is 5. The van der Waals surface area contributed by atoms with Crippen LogP contribution in [0.4, 0.5) is 19.3 Å². The van der Waals surface area contributed by atoms with Crippen molar-refractivity contribution < 1.29 is 27.5 Å². The number of oxazole rings is 1. The number of rotatable bonds is 5. The third-order valence-electron chi connectivity index (χ3n) is 3.67. The Morgan fingerprint density at radius 3 is 2.80 bits per heavy atom. The average Bonchev–Trinajstić information content (AvgIpc) is 3.32. The predicted octanol–water partition coefficient (Wildman–Crippen LogP) is 2.94. The average molecular weight is 351 g/mol. The van der Waals surface area contributed by atoms with Crippen molar-refractivity contribution in [3.8, 4) is 0 Å². The Morgan fingerprint density at radius 2 is 2.16 bits per heavy atom. The van der Waals surface area contributed by atoms with Gasteiger partial charge in [0.15, 0.2) is 5.69 Å². The number of nitrogens with zero attached hydrogens (tertiary/aromatic N) is 2. The minimum Gasteiger partial charge on any atom is -0.464 e. The Morgan fingerprint density at radius 1 is 1.40 bits per heavy atom. The van der Waals surface area contributed by atoms with Crippen molar-refractivity contribution >= 4 is 17.7 Å². The highest BCUT2D eigenvalue weighted by Crippen LogP contribution is 2.29. The van der Waals surface area contributed by atoms with E-state index in [0.29, 0.717) is 6.07 Å². The summed E-state index contributed by atoms with van der Waals surface area (Å²) in [4.78, 5) is 29.2. The molecule has 7 nitrogen and oxygen atoms in total. The van der Waals surface area contributed by atoms with E-state index >= 15 is 0 Å². The zero-order valence-corrected chi connectivity index (χ0v) is 13.3. The van der Waals surface area contributed by atoms with Gasteiger partial charge in [0.05, 0.1) is 19.3 Å². The monoisotopic (exact) mass is 351 g/mol. The van der Waals surface area contributed by atoms with Gasteiger partial charge in [0.25, 0.3) is 0 Å². The fourth-order valence-electron chi connectivity index (χ4n) is 2.26. The molecule has 2 aromatic rings. The Hall–Kier alpha value is -2.97. The van der Waals surface area contributed by atoms with Crippen molar-refractivity contribution in [2.75, 3.05) is 12.4 Å². The maximum absolute atomic E-state index is 13.7. The van der Waals surface area contributed by atoms with Gasteiger partial charge in [-0.2, -0.15) is 0 Å². The summed E-state index contributed by atoms with van der Waals surface area (Å²) in [5.74, 6) is -2.09. The molecule has 1 aliphatic carbocycles. The summed E-state index contributed by atoms with van der Waals surface area (Å²) in [6, 6.07) is 2.29. The molecule has 0 spiro atoms. The lowest BCUT2D eigenvalue weighted by Gasteiger charge is -2.21. The molecule has 1 heterocycles. The third-order valence-corrected chi connectivity index (χ3v) is 3.67. The van der Waals surface area contributed by atoms with Crippen LogP contribution in [0.15, 0.2) is 28.9 Å². The lowest BCUT2D eigenvalue weighted by Crippen LogP contribution is -2.36. The summed E-state index contributed by atoms with van der Waals surface area (Å²) >= 11 is 0. The maximum Gasteiger partial charge on any atom is 0.360 e. The van der Waals surface area contributed by atoms with E-state index in [0.717, 1.165) is 31.2 Å². The van der Waals surface area contributed by atoms with E-state index < -0.39 is 23.6 Å². The van der Waals surface area contributed by atoms with Crippen LogP contribution in [0.25, 0.3) is 0 Å². The highest BCUT2D eigenvalue weighted by atomic mass is 19.1. The molecule has 1 saturated carbocycles. The standard InChI is InChI=1S/C16H15F2N3O4/c1-24-15(22)13-8-25-14(19-13)7-21(10-3-4-10)16(23)20-12-5-2-9(17)6-11(12)18/h2,5-6,8,10H,3-4,7H2,1H3,(H,20,23). The highest BCUT2D eigenvalue weighted by Gasteiger charge is 2.34. The fourth-order valence-corrected chi connectivity index (χ4v) is 2.26. The molecule has 1 fully saturated rings. The van der Waals surface area contributed by atoms with Crippen LogP contribution < -0.4 is 5.32 Å². The van der Waals surface area contributed by atoms with E-state index in [1.165, 1.54) is 12.0 Å². The first-order valence-electron chi connectivity index (χ1n) is 7.53. The summed E-state index contributed by atoms with van der Waals surface area (Å²) < 4.78 is 36.4. The third kappa shape index (κ3) is 3.93. The summed E-state index contributed by atoms with van der Waals surface area (Å²) in [6.07, 6.45) is 2.73. The van der Waals surface area contributed by atoms with Crippen molar-refractivity contribution in [2.24, 2.45) is 0 Å². The molecule has 1 aromatic carbocycles. The molecule has 1 aliphatic rings. The maximum atomic E-state index is 13.7. The van der Waals surface area contributed by atoms with Crippen LogP contribution in [0.3, 0.4) is 0 Å². The van der Waals surface area contributed by atoms with E-state index in [-0.39, 0.29) is 29.9 Å². The first-order valence-corrected chi connectivity index (χ1v) is 7.53. The van der Waals surface area contributed by atoms with Gasteiger partial charge < -0.3 is 19.4 Å². The smallest absolute Gasteiger partial charge is 0.360 e. The number of ether oxygens (including phenoxy) is 1. The van der Waals surface area contributed by atoms with Gasteiger partial charge in [-0.15, -0.1) is 0 Å². The van der Waals surface area contributed by atoms with E-state index in [4.69, 9.17) is 4.42 Å². The Kier molecular flexibility index (Phi) is 4.64. The number of esters is 1. The molecular weight excluding hydrogens is 336 g/mol. The summed E-state index contributed by atoms with van der Waals surface area (Å²) in [6.45, 7) is 0.0102. The molecule has 0 aliphatic heterocycles. The number of benzene rings is 1. The Bertz CT molecular complexity index is 804. The second-order valence-electron chi connectivity index (χ2n) is 5.53. The van der Waals surface area contributed by atoms with Crippen LogP contribution in [0.2, 0.25) is 0 Å². The molecule has 1 N–H and O–H groups in total. The van der Waals surface area contributed by atoms with Gasteiger partial charge in [-0.05, 0) is 25.0 Å². The number of aromatic nitrogens is 1. The molecule has 2 amide bonds. The minimum atomic E-state index is -0.867. The number of carbonyl (C=O) groups excluding carboxylic acids is 2. The van der Waals surface area contributed by atoms with Crippen LogP contribution in [0.5, 0.6) is 0 Å². The number of amides is 2. The number of carbonyl (C=O) groups is 2. The second kappa shape index (κ2) is 6.88. The first kappa shape index (κ1) is 16.9. The van der Waals surface area contributed by atoms with Crippen molar-refractivity contribution in [3.05, 3.63) is 47.7 Å². The van der Waals surface area contributed by atoms with E-state index in [1.54, 1.807) is 0 Å². The number of halogens is 2. The quantitative estimate of drug-likeness (QED) is 0.837. The molecule has 3 rings (SSSR count). The van der Waals surface area contributed by atoms with Gasteiger partial charge >= 0.3 is 12.0 Å². The summed E-state index contributed by atoms with van der Waals surface area (Å²) in [5, 5.41) is 2.40. The molecule has 1 aromatic heterocycles. The van der Waals surface area contributed by atoms with Crippen molar-refractivity contribution in [3.63, 3.8) is 0 Å². The zero-order chi connectivity index (χ0) is 18.0. The molecule has 0 atom stereocenters. The molecule has 132 valence electrons. The predicted molar refractivity (Wildman–Crippen MR) is 81.8 cm³/mol. The van der Waals surface area contributed by atoms with Crippen LogP contribution in [-0.2, 0) is 11.3 Å². The topological polar surface area (TPSA) is 84.7 Å². The van der Waals surface area contributed by atoms with Gasteiger partial charge in [0.1, 0.15) is 17.9 Å². The fraction of sp³-hybridized carbons (Fsp3) is 0.312. The molecule has 0 saturated heterocycles. The normalized spacial score (nSPS) is 13.4. The molecule has 25 heavy (non-hydrogen) atoms. The molecular formula is C16H15F2N3O4. The molecule has 9 heteroatoms. The minimum absolute atomic E-state index is 0.00164. The lowest BCUT2D eigenvalue weighted by atomic mass is 10.3. The molecule has 0 radical (unpaired) electrons. The van der Waals surface area contributed by atoms with Crippen LogP contribution in [-0.4, -0.2) is 35.0 Å². The summed E-state index contributed by atoms with van der Waals surface area (Å²) in [7, 11) is 1.22. The van der Waals surface area contributed by atoms with Crippen molar-refractivity contribution in [1.29, 1.82) is 0 Å². The van der Waals surface area contributed by atoms with E-state index in [9.17, 15) is 18.4 Å². The van der Waals surface area contributed by atoms with Crippen LogP contribution >= 0.6 is 0 Å². The molecule has 0 bridgehead atoms. The van der Waals surface area contributed by atoms with Gasteiger partial charge in [0, 0.05) is 12.1 Å². The van der Waals surface area contributed by atoms with Crippen molar-refractivity contribution in [2.45, 2.75) is 25.4 Å². The molecule has 0 unspecified atom stereocenters. The Labute approximate surface area is 141 Å². The Balaban J connectivity index is 1.71. The second-order valence-corrected chi connectivity index (χ2v) is 5.53. The number of urea groups is 1. The largest absolute Gasteiger partial charge is 0.464 e. The van der Waals surface area contributed by atoms with Crippen molar-refractivity contribution in [1.82, 2.24) is 9.88 Å². The zero-order valence-electron chi connectivity index (χ0n) is 13.3. The SMILES string of the molecule is COC(=O)c1coc(CN(C(=O)Nc2ccc(F)cc2F)C2CC2)n1. The van der Waals surface area contributed by atoms with Gasteiger partial charge in [-0.1, -0.05) is 0 Å². The van der Waals surface area contributed by atoms with Crippen LogP contribution in [0, 0.1) is 11.6 Å². The first-order chi connectivity index (χ1) is 12.0. The van der Waals surface area contributed by atoms with Gasteiger partial charge in [-0.25, -0.2) is 23.4 Å². The number of anilines is 1.